The SMILES string of the molecule is O=C(c1ccc(Br)c([N+](=O)[O-])c1)N1CCN(Cc2cccc3ccccc23)CC1. The third-order valence-electron chi connectivity index (χ3n) is 5.32. The summed E-state index contributed by atoms with van der Waals surface area (Å²) in [6.07, 6.45) is 0. The van der Waals surface area contributed by atoms with E-state index in [2.05, 4.69) is 57.2 Å². The van der Waals surface area contributed by atoms with Crippen molar-refractivity contribution in [2.24, 2.45) is 0 Å². The van der Waals surface area contributed by atoms with Gasteiger partial charge in [-0.05, 0) is 44.4 Å². The average Bonchev–Trinajstić information content (AvgIpc) is 2.74. The van der Waals surface area contributed by atoms with Crippen LogP contribution in [0.15, 0.2) is 65.1 Å². The minimum Gasteiger partial charge on any atom is -0.336 e. The van der Waals surface area contributed by atoms with Gasteiger partial charge in [0.2, 0.25) is 0 Å². The van der Waals surface area contributed by atoms with E-state index in [-0.39, 0.29) is 11.6 Å². The van der Waals surface area contributed by atoms with E-state index in [4.69, 9.17) is 0 Å². The number of nitrogens with zero attached hydrogens (tertiary/aromatic N) is 3. The van der Waals surface area contributed by atoms with Gasteiger partial charge in [0.05, 0.1) is 9.40 Å². The van der Waals surface area contributed by atoms with E-state index in [0.717, 1.165) is 19.6 Å². The Bertz CT molecular complexity index is 1070. The lowest BCUT2D eigenvalue weighted by molar-refractivity contribution is -0.385. The van der Waals surface area contributed by atoms with Gasteiger partial charge in [0.15, 0.2) is 0 Å². The molecule has 1 heterocycles. The predicted octanol–water partition coefficient (Wildman–Crippen LogP) is 4.47. The van der Waals surface area contributed by atoms with Gasteiger partial charge in [0, 0.05) is 44.4 Å². The van der Waals surface area contributed by atoms with Gasteiger partial charge in [0.1, 0.15) is 0 Å². The van der Waals surface area contributed by atoms with Gasteiger partial charge in [-0.2, -0.15) is 0 Å². The summed E-state index contributed by atoms with van der Waals surface area (Å²) in [6, 6.07) is 19.2. The lowest BCUT2D eigenvalue weighted by Crippen LogP contribution is -2.48. The Labute approximate surface area is 177 Å². The number of nitro benzene ring substituents is 1. The molecule has 29 heavy (non-hydrogen) atoms. The van der Waals surface area contributed by atoms with Crippen molar-refractivity contribution in [3.05, 3.63) is 86.4 Å². The fraction of sp³-hybridized carbons (Fsp3) is 0.227. The number of hydrogen-bond donors (Lipinski definition) is 0. The van der Waals surface area contributed by atoms with Gasteiger partial charge in [-0.25, -0.2) is 0 Å². The van der Waals surface area contributed by atoms with Crippen molar-refractivity contribution in [1.29, 1.82) is 0 Å². The van der Waals surface area contributed by atoms with Crippen LogP contribution in [0.25, 0.3) is 10.8 Å². The van der Waals surface area contributed by atoms with Crippen LogP contribution in [0.2, 0.25) is 0 Å². The van der Waals surface area contributed by atoms with Crippen molar-refractivity contribution in [3.8, 4) is 0 Å². The average molecular weight is 454 g/mol. The first kappa shape index (κ1) is 19.5. The molecule has 3 aromatic rings. The molecule has 0 aromatic heterocycles. The Morgan fingerprint density at radius 3 is 2.48 bits per heavy atom. The molecular weight excluding hydrogens is 434 g/mol. The highest BCUT2D eigenvalue weighted by molar-refractivity contribution is 9.10. The second-order valence-electron chi connectivity index (χ2n) is 7.13. The summed E-state index contributed by atoms with van der Waals surface area (Å²) in [4.78, 5) is 27.6. The minimum absolute atomic E-state index is 0.0922. The maximum Gasteiger partial charge on any atom is 0.284 e. The van der Waals surface area contributed by atoms with Gasteiger partial charge in [-0.3, -0.25) is 19.8 Å². The summed E-state index contributed by atoms with van der Waals surface area (Å²) in [6.45, 7) is 3.59. The van der Waals surface area contributed by atoms with Crippen molar-refractivity contribution in [1.82, 2.24) is 9.80 Å². The van der Waals surface area contributed by atoms with Crippen molar-refractivity contribution in [3.63, 3.8) is 0 Å². The Kier molecular flexibility index (Phi) is 5.60. The van der Waals surface area contributed by atoms with Crippen molar-refractivity contribution in [2.45, 2.75) is 6.54 Å². The zero-order valence-electron chi connectivity index (χ0n) is 15.8. The molecule has 4 rings (SSSR count). The predicted molar refractivity (Wildman–Crippen MR) is 116 cm³/mol. The summed E-state index contributed by atoms with van der Waals surface area (Å²) in [5.41, 5.74) is 1.54. The molecule has 0 radical (unpaired) electrons. The largest absolute Gasteiger partial charge is 0.336 e. The summed E-state index contributed by atoms with van der Waals surface area (Å²) in [5.74, 6) is -0.162. The monoisotopic (exact) mass is 453 g/mol. The van der Waals surface area contributed by atoms with Crippen LogP contribution >= 0.6 is 15.9 Å². The van der Waals surface area contributed by atoms with E-state index in [1.165, 1.54) is 22.4 Å². The number of hydrogen-bond acceptors (Lipinski definition) is 4. The molecular formula is C22H20BrN3O3. The zero-order chi connectivity index (χ0) is 20.4. The molecule has 1 fully saturated rings. The molecule has 1 amide bonds. The van der Waals surface area contributed by atoms with E-state index in [1.54, 1.807) is 17.0 Å². The van der Waals surface area contributed by atoms with Crippen LogP contribution in [0.3, 0.4) is 0 Å². The number of carbonyl (C=O) groups excluding carboxylic acids is 1. The van der Waals surface area contributed by atoms with Crippen LogP contribution in [0, 0.1) is 10.1 Å². The van der Waals surface area contributed by atoms with Crippen LogP contribution in [0.4, 0.5) is 5.69 Å². The highest BCUT2D eigenvalue weighted by Crippen LogP contribution is 2.26. The van der Waals surface area contributed by atoms with E-state index < -0.39 is 4.92 Å². The number of halogens is 1. The summed E-state index contributed by atoms with van der Waals surface area (Å²) in [7, 11) is 0. The van der Waals surface area contributed by atoms with E-state index in [0.29, 0.717) is 23.1 Å². The van der Waals surface area contributed by atoms with Crippen LogP contribution in [-0.2, 0) is 6.54 Å². The quantitative estimate of drug-likeness (QED) is 0.431. The van der Waals surface area contributed by atoms with Gasteiger partial charge in [-0.1, -0.05) is 42.5 Å². The third kappa shape index (κ3) is 4.16. The van der Waals surface area contributed by atoms with Crippen molar-refractivity contribution in [2.75, 3.05) is 26.2 Å². The first-order valence-electron chi connectivity index (χ1n) is 9.45. The lowest BCUT2D eigenvalue weighted by Gasteiger charge is -2.35. The molecule has 0 unspecified atom stereocenters. The number of piperazine rings is 1. The van der Waals surface area contributed by atoms with Crippen molar-refractivity contribution >= 4 is 38.3 Å². The molecule has 148 valence electrons. The van der Waals surface area contributed by atoms with Gasteiger partial charge in [0.25, 0.3) is 11.6 Å². The van der Waals surface area contributed by atoms with E-state index in [1.807, 2.05) is 6.07 Å². The molecule has 1 aliphatic heterocycles. The Morgan fingerprint density at radius 1 is 1.00 bits per heavy atom. The summed E-state index contributed by atoms with van der Waals surface area (Å²) in [5, 5.41) is 13.6. The van der Waals surface area contributed by atoms with Gasteiger partial charge < -0.3 is 4.90 Å². The second-order valence-corrected chi connectivity index (χ2v) is 7.98. The Balaban J connectivity index is 1.42. The fourth-order valence-corrected chi connectivity index (χ4v) is 4.14. The summed E-state index contributed by atoms with van der Waals surface area (Å²) < 4.78 is 0.374. The highest BCUT2D eigenvalue weighted by atomic mass is 79.9. The standard InChI is InChI=1S/C22H20BrN3O3/c23-20-9-8-17(14-21(20)26(28)29)22(27)25-12-10-24(11-13-25)15-18-6-3-5-16-4-1-2-7-19(16)18/h1-9,14H,10-13,15H2. The normalized spacial score (nSPS) is 14.9. The first-order chi connectivity index (χ1) is 14.0. The molecule has 0 saturated carbocycles. The van der Waals surface area contributed by atoms with Crippen molar-refractivity contribution < 1.29 is 9.72 Å². The molecule has 7 heteroatoms. The molecule has 0 spiro atoms. The number of benzene rings is 3. The summed E-state index contributed by atoms with van der Waals surface area (Å²) >= 11 is 3.16. The number of fused-ring (bicyclic) bond motifs is 1. The molecule has 0 aliphatic carbocycles. The second kappa shape index (κ2) is 8.31. The molecule has 0 atom stereocenters. The molecule has 0 bridgehead atoms. The molecule has 0 N–H and O–H groups in total. The fourth-order valence-electron chi connectivity index (χ4n) is 3.75. The first-order valence-corrected chi connectivity index (χ1v) is 10.2. The number of nitro groups is 1. The maximum absolute atomic E-state index is 12.8. The van der Waals surface area contributed by atoms with E-state index >= 15 is 0 Å². The Hall–Kier alpha value is -2.77. The number of carbonyl (C=O) groups is 1. The number of rotatable bonds is 4. The molecule has 1 saturated heterocycles. The topological polar surface area (TPSA) is 66.7 Å². The molecule has 6 nitrogen and oxygen atoms in total. The van der Waals surface area contributed by atoms with E-state index in [9.17, 15) is 14.9 Å². The zero-order valence-corrected chi connectivity index (χ0v) is 17.3. The lowest BCUT2D eigenvalue weighted by atomic mass is 10.0. The van der Waals surface area contributed by atoms with Gasteiger partial charge >= 0.3 is 0 Å². The third-order valence-corrected chi connectivity index (χ3v) is 5.99. The Morgan fingerprint density at radius 2 is 1.72 bits per heavy atom. The van der Waals surface area contributed by atoms with Crippen LogP contribution < -0.4 is 0 Å². The van der Waals surface area contributed by atoms with Crippen LogP contribution in [0.1, 0.15) is 15.9 Å². The smallest absolute Gasteiger partial charge is 0.284 e. The van der Waals surface area contributed by atoms with Gasteiger partial charge in [-0.15, -0.1) is 0 Å². The molecule has 1 aliphatic rings. The number of amides is 1. The minimum atomic E-state index is -0.483. The molecule has 3 aromatic carbocycles. The van der Waals surface area contributed by atoms with Crippen LogP contribution in [-0.4, -0.2) is 46.8 Å². The maximum atomic E-state index is 12.8. The van der Waals surface area contributed by atoms with Crippen LogP contribution in [0.5, 0.6) is 0 Å². The highest BCUT2D eigenvalue weighted by Gasteiger charge is 2.24.